The lowest BCUT2D eigenvalue weighted by molar-refractivity contribution is 0.102. The molecule has 6 heteroatoms. The van der Waals surface area contributed by atoms with Gasteiger partial charge in [-0.2, -0.15) is 10.2 Å². The van der Waals surface area contributed by atoms with Gasteiger partial charge in [-0.3, -0.25) is 14.6 Å². The Bertz CT molecular complexity index is 987. The Morgan fingerprint density at radius 1 is 1.08 bits per heavy atom. The second-order valence-corrected chi connectivity index (χ2v) is 5.51. The van der Waals surface area contributed by atoms with Gasteiger partial charge in [-0.15, -0.1) is 0 Å². The van der Waals surface area contributed by atoms with E-state index in [9.17, 15) is 4.79 Å². The van der Waals surface area contributed by atoms with Crippen molar-refractivity contribution in [3.63, 3.8) is 0 Å². The van der Waals surface area contributed by atoms with Crippen molar-refractivity contribution in [3.05, 3.63) is 78.2 Å². The molecule has 6 nitrogen and oxygen atoms in total. The summed E-state index contributed by atoms with van der Waals surface area (Å²) in [6, 6.07) is 15.7. The number of fused-ring (bicyclic) bond motifs is 1. The fourth-order valence-electron chi connectivity index (χ4n) is 2.61. The molecule has 1 amide bonds. The van der Waals surface area contributed by atoms with Crippen molar-refractivity contribution in [1.29, 1.82) is 0 Å². The smallest absolute Gasteiger partial charge is 0.258 e. The Hall–Kier alpha value is -3.41. The Balaban J connectivity index is 1.52. The SMILES string of the molecule is O=C(Nc1cccc2cn[nH]c12)c1cnn(Cc2ccccc2)c1. The molecular weight excluding hydrogens is 302 g/mol. The van der Waals surface area contributed by atoms with Crippen LogP contribution in [0.1, 0.15) is 15.9 Å². The van der Waals surface area contributed by atoms with E-state index in [-0.39, 0.29) is 5.91 Å². The minimum absolute atomic E-state index is 0.198. The van der Waals surface area contributed by atoms with Crippen LogP contribution in [0.5, 0.6) is 0 Å². The number of rotatable bonds is 4. The number of nitrogens with zero attached hydrogens (tertiary/aromatic N) is 3. The van der Waals surface area contributed by atoms with E-state index < -0.39 is 0 Å². The number of amides is 1. The average Bonchev–Trinajstić information content (AvgIpc) is 3.25. The zero-order chi connectivity index (χ0) is 16.4. The zero-order valence-corrected chi connectivity index (χ0v) is 12.8. The van der Waals surface area contributed by atoms with Crippen LogP contribution in [-0.4, -0.2) is 25.9 Å². The molecule has 118 valence electrons. The molecule has 0 atom stereocenters. The highest BCUT2D eigenvalue weighted by atomic mass is 16.1. The first-order valence-electron chi connectivity index (χ1n) is 7.59. The normalized spacial score (nSPS) is 10.8. The Morgan fingerprint density at radius 3 is 2.83 bits per heavy atom. The molecule has 0 unspecified atom stereocenters. The number of anilines is 1. The minimum Gasteiger partial charge on any atom is -0.320 e. The van der Waals surface area contributed by atoms with E-state index in [2.05, 4.69) is 20.6 Å². The van der Waals surface area contributed by atoms with E-state index in [1.807, 2.05) is 48.5 Å². The number of carbonyl (C=O) groups is 1. The van der Waals surface area contributed by atoms with Crippen LogP contribution in [0.4, 0.5) is 5.69 Å². The lowest BCUT2D eigenvalue weighted by Crippen LogP contribution is -2.11. The summed E-state index contributed by atoms with van der Waals surface area (Å²) < 4.78 is 1.75. The maximum atomic E-state index is 12.4. The number of aromatic nitrogens is 4. The van der Waals surface area contributed by atoms with Gasteiger partial charge in [0.05, 0.1) is 35.7 Å². The zero-order valence-electron chi connectivity index (χ0n) is 12.8. The molecular formula is C18H15N5O. The summed E-state index contributed by atoms with van der Waals surface area (Å²) in [5, 5.41) is 15.0. The molecule has 0 bridgehead atoms. The molecule has 2 N–H and O–H groups in total. The van der Waals surface area contributed by atoms with Crippen molar-refractivity contribution < 1.29 is 4.79 Å². The third kappa shape index (κ3) is 2.77. The van der Waals surface area contributed by atoms with Gasteiger partial charge >= 0.3 is 0 Å². The van der Waals surface area contributed by atoms with Crippen LogP contribution in [0, 0.1) is 0 Å². The van der Waals surface area contributed by atoms with Gasteiger partial charge in [0.2, 0.25) is 0 Å². The van der Waals surface area contributed by atoms with Crippen LogP contribution >= 0.6 is 0 Å². The number of benzene rings is 2. The van der Waals surface area contributed by atoms with Gasteiger partial charge in [0.1, 0.15) is 0 Å². The molecule has 0 fully saturated rings. The third-order valence-electron chi connectivity index (χ3n) is 3.81. The second kappa shape index (κ2) is 6.00. The van der Waals surface area contributed by atoms with Gasteiger partial charge < -0.3 is 5.32 Å². The van der Waals surface area contributed by atoms with E-state index >= 15 is 0 Å². The quantitative estimate of drug-likeness (QED) is 0.607. The topological polar surface area (TPSA) is 75.6 Å². The summed E-state index contributed by atoms with van der Waals surface area (Å²) in [7, 11) is 0. The second-order valence-electron chi connectivity index (χ2n) is 5.51. The largest absolute Gasteiger partial charge is 0.320 e. The first-order valence-corrected chi connectivity index (χ1v) is 7.59. The Labute approximate surface area is 138 Å². The molecule has 0 spiro atoms. The summed E-state index contributed by atoms with van der Waals surface area (Å²) in [6.07, 6.45) is 5.05. The predicted octanol–water partition coefficient (Wildman–Crippen LogP) is 3.06. The molecule has 0 radical (unpaired) electrons. The van der Waals surface area contributed by atoms with E-state index in [0.717, 1.165) is 16.5 Å². The van der Waals surface area contributed by atoms with Crippen molar-refractivity contribution in [2.75, 3.05) is 5.32 Å². The van der Waals surface area contributed by atoms with Crippen LogP contribution in [0.25, 0.3) is 10.9 Å². The first-order chi connectivity index (χ1) is 11.8. The fraction of sp³-hybridized carbons (Fsp3) is 0.0556. The summed E-state index contributed by atoms with van der Waals surface area (Å²) in [4.78, 5) is 12.4. The Morgan fingerprint density at radius 2 is 1.96 bits per heavy atom. The van der Waals surface area contributed by atoms with Crippen molar-refractivity contribution in [3.8, 4) is 0 Å². The highest BCUT2D eigenvalue weighted by Gasteiger charge is 2.11. The molecule has 4 aromatic rings. The number of H-pyrrole nitrogens is 1. The maximum Gasteiger partial charge on any atom is 0.258 e. The van der Waals surface area contributed by atoms with Gasteiger partial charge in [0.25, 0.3) is 5.91 Å². The van der Waals surface area contributed by atoms with Crippen molar-refractivity contribution in [1.82, 2.24) is 20.0 Å². The number of hydrogen-bond acceptors (Lipinski definition) is 3. The number of carbonyl (C=O) groups excluding carboxylic acids is 1. The van der Waals surface area contributed by atoms with E-state index in [1.165, 1.54) is 0 Å². The lowest BCUT2D eigenvalue weighted by Gasteiger charge is -2.04. The summed E-state index contributed by atoms with van der Waals surface area (Å²) in [5.41, 5.74) is 3.16. The van der Waals surface area contributed by atoms with Gasteiger partial charge in [0.15, 0.2) is 0 Å². The van der Waals surface area contributed by atoms with Crippen molar-refractivity contribution in [2.24, 2.45) is 0 Å². The van der Waals surface area contributed by atoms with Crippen LogP contribution in [-0.2, 0) is 6.54 Å². The molecule has 2 aromatic carbocycles. The molecule has 0 saturated carbocycles. The molecule has 0 saturated heterocycles. The fourth-order valence-corrected chi connectivity index (χ4v) is 2.61. The Kier molecular flexibility index (Phi) is 3.55. The van der Waals surface area contributed by atoms with Crippen molar-refractivity contribution in [2.45, 2.75) is 6.54 Å². The number of nitrogens with one attached hydrogen (secondary N) is 2. The van der Waals surface area contributed by atoms with Crippen LogP contribution in [0.2, 0.25) is 0 Å². The third-order valence-corrected chi connectivity index (χ3v) is 3.81. The highest BCUT2D eigenvalue weighted by Crippen LogP contribution is 2.21. The minimum atomic E-state index is -0.198. The van der Waals surface area contributed by atoms with Crippen LogP contribution < -0.4 is 5.32 Å². The highest BCUT2D eigenvalue weighted by molar-refractivity contribution is 6.07. The van der Waals surface area contributed by atoms with E-state index in [4.69, 9.17) is 0 Å². The van der Waals surface area contributed by atoms with Gasteiger partial charge in [0, 0.05) is 11.6 Å². The van der Waals surface area contributed by atoms with E-state index in [1.54, 1.807) is 23.3 Å². The van der Waals surface area contributed by atoms with E-state index in [0.29, 0.717) is 17.8 Å². The molecule has 0 aliphatic heterocycles. The average molecular weight is 317 g/mol. The molecule has 4 rings (SSSR count). The van der Waals surface area contributed by atoms with Gasteiger partial charge in [-0.05, 0) is 11.6 Å². The molecule has 2 heterocycles. The maximum absolute atomic E-state index is 12.4. The summed E-state index contributed by atoms with van der Waals surface area (Å²) in [6.45, 7) is 0.629. The van der Waals surface area contributed by atoms with Gasteiger partial charge in [-0.1, -0.05) is 42.5 Å². The van der Waals surface area contributed by atoms with Crippen LogP contribution in [0.15, 0.2) is 67.1 Å². The number of hydrogen-bond donors (Lipinski definition) is 2. The monoisotopic (exact) mass is 317 g/mol. The molecule has 24 heavy (non-hydrogen) atoms. The number of aromatic amines is 1. The standard InChI is InChI=1S/C18H15N5O/c24-18(21-16-8-4-7-14-9-19-22-17(14)16)15-10-20-23(12-15)11-13-5-2-1-3-6-13/h1-10,12H,11H2,(H,19,22)(H,21,24). The molecule has 2 aromatic heterocycles. The molecule has 0 aliphatic carbocycles. The lowest BCUT2D eigenvalue weighted by atomic mass is 10.2. The van der Waals surface area contributed by atoms with Crippen molar-refractivity contribution >= 4 is 22.5 Å². The summed E-state index contributed by atoms with van der Waals surface area (Å²) >= 11 is 0. The summed E-state index contributed by atoms with van der Waals surface area (Å²) in [5.74, 6) is -0.198. The van der Waals surface area contributed by atoms with Gasteiger partial charge in [-0.25, -0.2) is 0 Å². The first kappa shape index (κ1) is 14.2. The number of para-hydroxylation sites is 1. The molecule has 0 aliphatic rings. The predicted molar refractivity (Wildman–Crippen MR) is 91.8 cm³/mol. The van der Waals surface area contributed by atoms with Crippen LogP contribution in [0.3, 0.4) is 0 Å².